The third kappa shape index (κ3) is 3.64. The van der Waals surface area contributed by atoms with Crippen LogP contribution < -0.4 is 0 Å². The van der Waals surface area contributed by atoms with E-state index in [1.165, 1.54) is 50.8 Å². The van der Waals surface area contributed by atoms with Crippen molar-refractivity contribution in [2.45, 2.75) is 43.5 Å². The van der Waals surface area contributed by atoms with Gasteiger partial charge in [-0.25, -0.2) is 0 Å². The molecule has 1 aromatic carbocycles. The van der Waals surface area contributed by atoms with Gasteiger partial charge in [-0.2, -0.15) is 0 Å². The van der Waals surface area contributed by atoms with Crippen molar-refractivity contribution < 1.29 is 4.21 Å². The lowest BCUT2D eigenvalue weighted by atomic mass is 9.71. The number of rotatable bonds is 3. The molecule has 1 heterocycles. The molecule has 0 saturated carbocycles. The molecule has 1 fully saturated rings. The summed E-state index contributed by atoms with van der Waals surface area (Å²) >= 11 is 0. The third-order valence-corrected chi connectivity index (χ3v) is 5.90. The Morgan fingerprint density at radius 3 is 2.67 bits per heavy atom. The Balaban J connectivity index is 1.64. The number of piperidine rings is 1. The fourth-order valence-corrected chi connectivity index (χ4v) is 4.32. The summed E-state index contributed by atoms with van der Waals surface area (Å²) in [7, 11) is -0.874. The van der Waals surface area contributed by atoms with E-state index in [1.807, 2.05) is 12.1 Å². The quantitative estimate of drug-likeness (QED) is 0.793. The lowest BCUT2D eigenvalue weighted by Crippen LogP contribution is -2.43. The normalized spacial score (nSPS) is 27.9. The SMILES string of the molecule is C[S@](=O)c1ccc(CN2CCC[C@@]3(CC=CCC3)C2)cc1. The predicted octanol–water partition coefficient (Wildman–Crippen LogP) is 3.75. The molecule has 114 valence electrons. The van der Waals surface area contributed by atoms with Gasteiger partial charge < -0.3 is 0 Å². The molecule has 3 heteroatoms. The van der Waals surface area contributed by atoms with Crippen molar-refractivity contribution in [1.29, 1.82) is 0 Å². The summed E-state index contributed by atoms with van der Waals surface area (Å²) in [4.78, 5) is 3.53. The van der Waals surface area contributed by atoms with Gasteiger partial charge in [0, 0.05) is 35.0 Å². The highest BCUT2D eigenvalue weighted by Gasteiger charge is 2.34. The molecule has 1 aliphatic heterocycles. The monoisotopic (exact) mass is 303 g/mol. The second-order valence-electron chi connectivity index (χ2n) is 6.63. The average molecular weight is 303 g/mol. The molecular weight excluding hydrogens is 278 g/mol. The van der Waals surface area contributed by atoms with Crippen LogP contribution in [-0.4, -0.2) is 28.5 Å². The zero-order chi connectivity index (χ0) is 14.7. The van der Waals surface area contributed by atoms with Crippen LogP contribution in [0.5, 0.6) is 0 Å². The van der Waals surface area contributed by atoms with Crippen LogP contribution in [0.15, 0.2) is 41.3 Å². The van der Waals surface area contributed by atoms with Gasteiger partial charge in [0.25, 0.3) is 0 Å². The minimum absolute atomic E-state index is 0.540. The maximum atomic E-state index is 11.4. The molecule has 1 aromatic rings. The highest BCUT2D eigenvalue weighted by Crippen LogP contribution is 2.41. The second kappa shape index (κ2) is 6.45. The summed E-state index contributed by atoms with van der Waals surface area (Å²) < 4.78 is 11.4. The minimum Gasteiger partial charge on any atom is -0.299 e. The molecule has 0 N–H and O–H groups in total. The van der Waals surface area contributed by atoms with Crippen LogP contribution in [0, 0.1) is 5.41 Å². The summed E-state index contributed by atoms with van der Waals surface area (Å²) in [5, 5.41) is 0. The van der Waals surface area contributed by atoms with Gasteiger partial charge in [0.2, 0.25) is 0 Å². The Labute approximate surface area is 130 Å². The molecule has 1 saturated heterocycles. The standard InChI is InChI=1S/C18H25NOS/c1-21(20)17-8-6-16(7-9-17)14-19-13-5-12-18(15-19)10-3-2-4-11-18/h2-3,6-9H,4-5,10-15H2,1H3/t18-,21-/m0/s1. The summed E-state index contributed by atoms with van der Waals surface area (Å²) in [5.41, 5.74) is 1.88. The van der Waals surface area contributed by atoms with E-state index in [1.54, 1.807) is 6.26 Å². The molecule has 0 unspecified atom stereocenters. The molecule has 0 aromatic heterocycles. The van der Waals surface area contributed by atoms with Crippen LogP contribution in [0.2, 0.25) is 0 Å². The smallest absolute Gasteiger partial charge is 0.0498 e. The van der Waals surface area contributed by atoms with E-state index in [4.69, 9.17) is 0 Å². The van der Waals surface area contributed by atoms with E-state index < -0.39 is 10.8 Å². The zero-order valence-electron chi connectivity index (χ0n) is 12.9. The van der Waals surface area contributed by atoms with Gasteiger partial charge in [0.05, 0.1) is 0 Å². The maximum Gasteiger partial charge on any atom is 0.0498 e. The van der Waals surface area contributed by atoms with Gasteiger partial charge in [0.15, 0.2) is 0 Å². The van der Waals surface area contributed by atoms with Gasteiger partial charge in [-0.15, -0.1) is 0 Å². The second-order valence-corrected chi connectivity index (χ2v) is 8.01. The Morgan fingerprint density at radius 1 is 1.19 bits per heavy atom. The van der Waals surface area contributed by atoms with E-state index in [0.29, 0.717) is 5.41 Å². The fourth-order valence-electron chi connectivity index (χ4n) is 3.80. The molecule has 0 radical (unpaired) electrons. The van der Waals surface area contributed by atoms with Crippen molar-refractivity contribution >= 4 is 10.8 Å². The van der Waals surface area contributed by atoms with E-state index in [9.17, 15) is 4.21 Å². The first kappa shape index (κ1) is 15.0. The third-order valence-electron chi connectivity index (χ3n) is 4.96. The number of hydrogen-bond donors (Lipinski definition) is 0. The van der Waals surface area contributed by atoms with Gasteiger partial charge in [-0.3, -0.25) is 9.11 Å². The Hall–Kier alpha value is -0.930. The van der Waals surface area contributed by atoms with Crippen LogP contribution in [0.25, 0.3) is 0 Å². The first-order valence-corrected chi connectivity index (χ1v) is 9.52. The van der Waals surface area contributed by atoms with Crippen LogP contribution in [0.4, 0.5) is 0 Å². The van der Waals surface area contributed by atoms with Crippen molar-refractivity contribution in [2.75, 3.05) is 19.3 Å². The number of likely N-dealkylation sites (tertiary alicyclic amines) is 1. The zero-order valence-corrected chi connectivity index (χ0v) is 13.7. The van der Waals surface area contributed by atoms with Crippen LogP contribution >= 0.6 is 0 Å². The van der Waals surface area contributed by atoms with Crippen molar-refractivity contribution in [3.05, 3.63) is 42.0 Å². The molecule has 2 nitrogen and oxygen atoms in total. The van der Waals surface area contributed by atoms with E-state index in [0.717, 1.165) is 11.4 Å². The van der Waals surface area contributed by atoms with Crippen molar-refractivity contribution in [3.63, 3.8) is 0 Å². The van der Waals surface area contributed by atoms with Crippen LogP contribution in [0.1, 0.15) is 37.7 Å². The predicted molar refractivity (Wildman–Crippen MR) is 88.7 cm³/mol. The van der Waals surface area contributed by atoms with E-state index >= 15 is 0 Å². The highest BCUT2D eigenvalue weighted by molar-refractivity contribution is 7.84. The lowest BCUT2D eigenvalue weighted by Gasteiger charge is -2.44. The number of benzene rings is 1. The number of hydrogen-bond acceptors (Lipinski definition) is 2. The lowest BCUT2D eigenvalue weighted by molar-refractivity contribution is 0.0741. The van der Waals surface area contributed by atoms with Crippen molar-refractivity contribution in [1.82, 2.24) is 4.90 Å². The highest BCUT2D eigenvalue weighted by atomic mass is 32.2. The molecule has 3 rings (SSSR count). The topological polar surface area (TPSA) is 20.3 Å². The molecule has 0 bridgehead atoms. The molecule has 2 atom stereocenters. The summed E-state index contributed by atoms with van der Waals surface area (Å²) in [6.07, 6.45) is 13.1. The van der Waals surface area contributed by atoms with Crippen molar-refractivity contribution in [2.24, 2.45) is 5.41 Å². The Bertz CT molecular complexity index is 537. The van der Waals surface area contributed by atoms with E-state index in [2.05, 4.69) is 29.2 Å². The van der Waals surface area contributed by atoms with Gasteiger partial charge in [-0.1, -0.05) is 24.3 Å². The first-order chi connectivity index (χ1) is 10.2. The molecule has 1 spiro atoms. The van der Waals surface area contributed by atoms with E-state index in [-0.39, 0.29) is 0 Å². The fraction of sp³-hybridized carbons (Fsp3) is 0.556. The van der Waals surface area contributed by atoms with Crippen LogP contribution in [0.3, 0.4) is 0 Å². The molecule has 0 amide bonds. The Kier molecular flexibility index (Phi) is 4.60. The van der Waals surface area contributed by atoms with Crippen molar-refractivity contribution in [3.8, 4) is 0 Å². The molecule has 2 aliphatic rings. The van der Waals surface area contributed by atoms with Gasteiger partial charge in [0.1, 0.15) is 0 Å². The molecule has 21 heavy (non-hydrogen) atoms. The molecule has 1 aliphatic carbocycles. The molecular formula is C18H25NOS. The van der Waals surface area contributed by atoms with Gasteiger partial charge >= 0.3 is 0 Å². The summed E-state index contributed by atoms with van der Waals surface area (Å²) in [5.74, 6) is 0. The van der Waals surface area contributed by atoms with Crippen LogP contribution in [-0.2, 0) is 17.3 Å². The summed E-state index contributed by atoms with van der Waals surface area (Å²) in [6.45, 7) is 3.48. The number of allylic oxidation sites excluding steroid dienone is 2. The number of nitrogens with zero attached hydrogens (tertiary/aromatic N) is 1. The minimum atomic E-state index is -0.874. The largest absolute Gasteiger partial charge is 0.299 e. The maximum absolute atomic E-state index is 11.4. The first-order valence-electron chi connectivity index (χ1n) is 7.97. The Morgan fingerprint density at radius 2 is 2.00 bits per heavy atom. The average Bonchev–Trinajstić information content (AvgIpc) is 2.49. The van der Waals surface area contributed by atoms with Gasteiger partial charge in [-0.05, 0) is 61.8 Å². The summed E-state index contributed by atoms with van der Waals surface area (Å²) in [6, 6.07) is 8.29.